The van der Waals surface area contributed by atoms with Crippen molar-refractivity contribution in [1.82, 2.24) is 0 Å². The minimum Gasteiger partial charge on any atom is -0.394 e. The number of aliphatic hydroxyl groups excluding tert-OH is 19. The van der Waals surface area contributed by atoms with Crippen LogP contribution < -0.4 is 0 Å². The van der Waals surface area contributed by atoms with E-state index >= 15 is 0 Å². The van der Waals surface area contributed by atoms with E-state index in [1.807, 2.05) is 6.92 Å². The number of hydrogen-bond donors (Lipinski definition) is 19. The molecule has 0 radical (unpaired) electrons. The third kappa shape index (κ3) is 14.3. The summed E-state index contributed by atoms with van der Waals surface area (Å²) in [4.78, 5) is 0. The third-order valence-electron chi connectivity index (χ3n) is 24.0. The Morgan fingerprint density at radius 3 is 1.64 bits per heavy atom. The van der Waals surface area contributed by atoms with E-state index in [0.29, 0.717) is 49.9 Å². The Bertz CT molecular complexity index is 2580. The highest BCUT2D eigenvalue weighted by Crippen LogP contribution is 2.70. The van der Waals surface area contributed by atoms with Crippen molar-refractivity contribution in [3.63, 3.8) is 0 Å². The minimum absolute atomic E-state index is 0.0408. The number of rotatable bonds is 22. The smallest absolute Gasteiger partial charge is 0.187 e. The number of fused-ring (bicyclic) bond motifs is 7. The molecule has 10 fully saturated rings. The van der Waals surface area contributed by atoms with Crippen molar-refractivity contribution in [2.24, 2.45) is 46.3 Å². The zero-order valence-corrected chi connectivity index (χ0v) is 55.3. The standard InChI is InChI=1S/C64H106O33/c1-23(21-85-56-47(78)44(75)39(70)32(17-65)89-56)9-14-64(84-6)24(2)37-31(97-64)16-30-28-8-7-26-15-27(10-12-62(26,4)29(28)11-13-63(30,37)5)88-61-55(96-58-49(80)43(74)38(69)25(3)87-58)51(82)53(35(20-68)92-61)94-60-52(83)54(42(73)34(19-67)91-60)95-59-50(81)46(77)41(72)36(93-59)22-86-57-48(79)45(76)40(71)33(18-66)90-57/h7,23-25,27-61,65-83H,8-22H2,1-6H3/t23-,24-,25-,27-,28+,29-,30-,31-,32+,33+,34+,35+,36+,37-,38-,39+,40+,41+,42+,43+,44-,45-,46-,47+,48+,49+,50+,51-,52+,53+,54-,55+,56+,57+,58-,59-,60-,61+,62-,63-,64+/m0/s1. The third-order valence-corrected chi connectivity index (χ3v) is 24.0. The number of aliphatic hydroxyl groups is 19. The van der Waals surface area contributed by atoms with Gasteiger partial charge in [-0.25, -0.2) is 0 Å². The van der Waals surface area contributed by atoms with Crippen LogP contribution in [-0.2, 0) is 66.3 Å². The largest absolute Gasteiger partial charge is 0.394 e. The van der Waals surface area contributed by atoms with Gasteiger partial charge in [-0.05, 0) is 98.7 Å². The molecule has 0 aromatic rings. The summed E-state index contributed by atoms with van der Waals surface area (Å²) in [6.07, 6.45) is -43.1. The Labute approximate surface area is 561 Å². The van der Waals surface area contributed by atoms with E-state index in [9.17, 15) is 97.0 Å². The van der Waals surface area contributed by atoms with Crippen molar-refractivity contribution in [1.29, 1.82) is 0 Å². The quantitative estimate of drug-likeness (QED) is 0.0448. The lowest BCUT2D eigenvalue weighted by atomic mass is 9.47. The van der Waals surface area contributed by atoms with Crippen LogP contribution in [0.4, 0.5) is 0 Å². The molecular weight excluding hydrogens is 1300 g/mol. The summed E-state index contributed by atoms with van der Waals surface area (Å²) in [5.74, 6) is 0.396. The molecule has 0 unspecified atom stereocenters. The highest BCUT2D eigenvalue weighted by Gasteiger charge is 2.69. The van der Waals surface area contributed by atoms with Crippen LogP contribution in [0.5, 0.6) is 0 Å². The molecule has 97 heavy (non-hydrogen) atoms. The van der Waals surface area contributed by atoms with Crippen LogP contribution >= 0.6 is 0 Å². The first-order valence-corrected chi connectivity index (χ1v) is 34.3. The summed E-state index contributed by atoms with van der Waals surface area (Å²) in [6.45, 7) is 6.63. The van der Waals surface area contributed by atoms with Crippen molar-refractivity contribution in [3.05, 3.63) is 11.6 Å². The molecule has 33 heteroatoms. The van der Waals surface area contributed by atoms with Gasteiger partial charge in [0.15, 0.2) is 43.5 Å². The van der Waals surface area contributed by atoms with Crippen LogP contribution in [0.1, 0.15) is 92.4 Å². The Balaban J connectivity index is 0.750. The van der Waals surface area contributed by atoms with Crippen LogP contribution in [0.25, 0.3) is 0 Å². The number of ether oxygens (including phenoxy) is 14. The van der Waals surface area contributed by atoms with Gasteiger partial charge in [0.05, 0.1) is 58.0 Å². The molecule has 7 heterocycles. The molecule has 0 aromatic heterocycles. The van der Waals surface area contributed by atoms with Crippen molar-refractivity contribution in [2.75, 3.05) is 46.8 Å². The summed E-state index contributed by atoms with van der Waals surface area (Å²) >= 11 is 0. The lowest BCUT2D eigenvalue weighted by Gasteiger charge is -2.58. The van der Waals surface area contributed by atoms with E-state index in [2.05, 4.69) is 26.8 Å². The van der Waals surface area contributed by atoms with E-state index in [1.165, 1.54) is 12.5 Å². The van der Waals surface area contributed by atoms with Gasteiger partial charge in [0.1, 0.15) is 140 Å². The van der Waals surface area contributed by atoms with E-state index in [0.717, 1.165) is 25.7 Å². The average Bonchev–Trinajstić information content (AvgIpc) is 1.57. The predicted octanol–water partition coefficient (Wildman–Crippen LogP) is -6.70. The second-order valence-corrected chi connectivity index (χ2v) is 29.7. The van der Waals surface area contributed by atoms with Gasteiger partial charge in [0.25, 0.3) is 0 Å². The molecule has 0 bridgehead atoms. The van der Waals surface area contributed by atoms with Gasteiger partial charge in [-0.15, -0.1) is 0 Å². The van der Waals surface area contributed by atoms with Crippen molar-refractivity contribution < 1.29 is 163 Å². The Hall–Kier alpha value is -1.58. The first-order chi connectivity index (χ1) is 46.0. The van der Waals surface area contributed by atoms with Crippen LogP contribution in [0.3, 0.4) is 0 Å². The number of allylic oxidation sites excluding steroid dienone is 1. The van der Waals surface area contributed by atoms with Crippen LogP contribution in [0.2, 0.25) is 0 Å². The fourth-order valence-corrected chi connectivity index (χ4v) is 18.2. The molecule has 7 saturated heterocycles. The summed E-state index contributed by atoms with van der Waals surface area (Å²) in [5.41, 5.74) is 0.916. The zero-order chi connectivity index (χ0) is 70.2. The van der Waals surface area contributed by atoms with E-state index in [1.54, 1.807) is 7.11 Å². The van der Waals surface area contributed by atoms with Crippen LogP contribution in [0, 0.1) is 46.3 Å². The van der Waals surface area contributed by atoms with Gasteiger partial charge >= 0.3 is 0 Å². The maximum atomic E-state index is 12.5. The molecule has 41 atom stereocenters. The summed E-state index contributed by atoms with van der Waals surface area (Å²) < 4.78 is 84.7. The Morgan fingerprint density at radius 1 is 0.505 bits per heavy atom. The number of hydrogen-bond acceptors (Lipinski definition) is 33. The van der Waals surface area contributed by atoms with Gasteiger partial charge in [-0.3, -0.25) is 0 Å². The summed E-state index contributed by atoms with van der Waals surface area (Å²) in [6, 6.07) is 0. The van der Waals surface area contributed by atoms with E-state index < -0.39 is 229 Å². The van der Waals surface area contributed by atoms with Crippen molar-refractivity contribution in [2.45, 2.75) is 295 Å². The van der Waals surface area contributed by atoms with Gasteiger partial charge in [-0.1, -0.05) is 39.3 Å². The molecule has 19 N–H and O–H groups in total. The maximum Gasteiger partial charge on any atom is 0.187 e. The van der Waals surface area contributed by atoms with E-state index in [-0.39, 0.29) is 41.3 Å². The second kappa shape index (κ2) is 30.9. The highest BCUT2D eigenvalue weighted by molar-refractivity contribution is 5.27. The molecule has 33 nitrogen and oxygen atoms in total. The fraction of sp³-hybridized carbons (Fsp3) is 0.969. The van der Waals surface area contributed by atoms with E-state index in [4.69, 9.17) is 66.3 Å². The molecule has 3 saturated carbocycles. The lowest BCUT2D eigenvalue weighted by molar-refractivity contribution is -0.397. The minimum atomic E-state index is -2.14. The monoisotopic (exact) mass is 1400 g/mol. The highest BCUT2D eigenvalue weighted by atomic mass is 16.8. The lowest BCUT2D eigenvalue weighted by Crippen LogP contribution is -2.68. The van der Waals surface area contributed by atoms with Crippen molar-refractivity contribution in [3.8, 4) is 0 Å². The molecule has 0 spiro atoms. The SMILES string of the molecule is CO[C@]1(CC[C@H](C)CO[C@@H]2O[C@H](CO)[C@@H](O)[C@H](O)[C@H]2O)O[C@H]2C[C@H]3[C@@H]4CC=C5C[C@@H](O[C@@H]6O[C@H](CO)[C@@H](O[C@@H]7O[C@H](CO)[C@@H](O)[C@H](O[C@@H]8O[C@H](CO[C@@H]9O[C@H](CO)[C@@H](O)[C@H](O)[C@H]9O)[C@@H](O)[C@H](O)[C@H]8O)[C@H]7O)[C@H](O)[C@H]6O[C@@H]6O[C@@H](C)[C@H](O)[C@@H](O)[C@H]6O)CC[C@]5(C)[C@H]4CC[C@]3(C)[C@H]2[C@@H]1C. The van der Waals surface area contributed by atoms with Gasteiger partial charge < -0.3 is 163 Å². The summed E-state index contributed by atoms with van der Waals surface area (Å²) in [5, 5.41) is 204. The van der Waals surface area contributed by atoms with Gasteiger partial charge in [0.2, 0.25) is 0 Å². The fourth-order valence-electron chi connectivity index (χ4n) is 18.2. The topological polar surface area (TPSA) is 514 Å². The Morgan fingerprint density at radius 2 is 1.02 bits per heavy atom. The first kappa shape index (κ1) is 76.5. The molecule has 11 rings (SSSR count). The maximum absolute atomic E-state index is 12.5. The predicted molar refractivity (Wildman–Crippen MR) is 320 cm³/mol. The molecule has 0 amide bonds. The Kier molecular flexibility index (Phi) is 24.3. The van der Waals surface area contributed by atoms with Crippen LogP contribution in [-0.4, -0.2) is 346 Å². The molecular formula is C64H106O33. The molecule has 0 aromatic carbocycles. The first-order valence-electron chi connectivity index (χ1n) is 34.3. The average molecular weight is 1400 g/mol. The summed E-state index contributed by atoms with van der Waals surface area (Å²) in [7, 11) is 1.69. The molecule has 560 valence electrons. The van der Waals surface area contributed by atoms with Gasteiger partial charge in [-0.2, -0.15) is 0 Å². The molecule has 7 aliphatic heterocycles. The molecule has 4 aliphatic carbocycles. The second-order valence-electron chi connectivity index (χ2n) is 29.7. The molecule has 11 aliphatic rings. The normalized spacial score (nSPS) is 54.3. The zero-order valence-electron chi connectivity index (χ0n) is 55.3. The van der Waals surface area contributed by atoms with Gasteiger partial charge in [0, 0.05) is 19.4 Å². The number of methoxy groups -OCH3 is 1. The van der Waals surface area contributed by atoms with Crippen molar-refractivity contribution >= 4 is 0 Å². The van der Waals surface area contributed by atoms with Crippen LogP contribution in [0.15, 0.2) is 11.6 Å².